The number of hydrogen-bond donors (Lipinski definition) is 0. The van der Waals surface area contributed by atoms with E-state index in [1.54, 1.807) is 26.4 Å². The third kappa shape index (κ3) is 4.63. The molecule has 1 aliphatic rings. The smallest absolute Gasteiger partial charge is 0.247 e. The van der Waals surface area contributed by atoms with Crippen LogP contribution >= 0.6 is 11.3 Å². The van der Waals surface area contributed by atoms with Gasteiger partial charge in [0.1, 0.15) is 16.4 Å². The van der Waals surface area contributed by atoms with Gasteiger partial charge < -0.3 is 23.8 Å². The Bertz CT molecular complexity index is 1250. The van der Waals surface area contributed by atoms with Crippen LogP contribution in [0.4, 0.5) is 5.13 Å². The Morgan fingerprint density at radius 3 is 2.15 bits per heavy atom. The fraction of sp³-hybridized carbons (Fsp3) is 0.348. The highest BCUT2D eigenvalue weighted by Gasteiger charge is 2.32. The second kappa shape index (κ2) is 10.1. The Hall–Kier alpha value is -3.02. The van der Waals surface area contributed by atoms with Gasteiger partial charge in [-0.1, -0.05) is 0 Å². The number of rotatable bonds is 8. The number of thiazole rings is 1. The first-order valence-electron chi connectivity index (χ1n) is 10.6. The van der Waals surface area contributed by atoms with Gasteiger partial charge in [-0.3, -0.25) is 0 Å². The number of methoxy groups -OCH3 is 4. The lowest BCUT2D eigenvalue weighted by molar-refractivity contribution is 0.355. The van der Waals surface area contributed by atoms with E-state index in [4.69, 9.17) is 23.9 Å². The van der Waals surface area contributed by atoms with Crippen LogP contribution in [0.3, 0.4) is 0 Å². The lowest BCUT2D eigenvalue weighted by Gasteiger charge is -2.34. The van der Waals surface area contributed by atoms with Crippen molar-refractivity contribution in [1.29, 1.82) is 0 Å². The number of aromatic nitrogens is 1. The number of nitrogens with zero attached hydrogens (tertiary/aromatic N) is 3. The third-order valence-electron chi connectivity index (χ3n) is 5.67. The molecule has 9 nitrogen and oxygen atoms in total. The van der Waals surface area contributed by atoms with Crippen LogP contribution in [0, 0.1) is 0 Å². The molecule has 0 bridgehead atoms. The maximum atomic E-state index is 13.3. The Morgan fingerprint density at radius 2 is 1.50 bits per heavy atom. The molecule has 2 aromatic carbocycles. The largest absolute Gasteiger partial charge is 0.497 e. The average molecular weight is 506 g/mol. The molecule has 3 aromatic rings. The minimum absolute atomic E-state index is 0.104. The second-order valence-corrected chi connectivity index (χ2v) is 10.2. The molecule has 1 aromatic heterocycles. The van der Waals surface area contributed by atoms with Crippen LogP contribution in [0.5, 0.6) is 23.0 Å². The summed E-state index contributed by atoms with van der Waals surface area (Å²) >= 11 is 1.53. The highest BCUT2D eigenvalue weighted by Crippen LogP contribution is 2.35. The summed E-state index contributed by atoms with van der Waals surface area (Å²) < 4.78 is 49.3. The van der Waals surface area contributed by atoms with Crippen LogP contribution in [-0.4, -0.2) is 72.3 Å². The van der Waals surface area contributed by atoms with Gasteiger partial charge in [-0.05, 0) is 30.3 Å². The topological polar surface area (TPSA) is 90.4 Å². The molecular formula is C23H27N3O6S2. The normalized spacial score (nSPS) is 14.6. The molecule has 34 heavy (non-hydrogen) atoms. The molecule has 11 heteroatoms. The number of sulfonamides is 1. The Kier molecular flexibility index (Phi) is 7.15. The van der Waals surface area contributed by atoms with Gasteiger partial charge in [-0.2, -0.15) is 4.31 Å². The van der Waals surface area contributed by atoms with Gasteiger partial charge in [-0.25, -0.2) is 13.4 Å². The molecule has 0 radical (unpaired) electrons. The van der Waals surface area contributed by atoms with E-state index < -0.39 is 10.0 Å². The van der Waals surface area contributed by atoms with Crippen LogP contribution in [0.1, 0.15) is 0 Å². The Balaban J connectivity index is 1.48. The Labute approximate surface area is 203 Å². The van der Waals surface area contributed by atoms with Gasteiger partial charge in [0.25, 0.3) is 0 Å². The molecule has 1 aliphatic heterocycles. The van der Waals surface area contributed by atoms with Crippen molar-refractivity contribution in [1.82, 2.24) is 9.29 Å². The summed E-state index contributed by atoms with van der Waals surface area (Å²) in [6, 6.07) is 10.5. The van der Waals surface area contributed by atoms with E-state index in [0.717, 1.165) is 16.4 Å². The fourth-order valence-electron chi connectivity index (χ4n) is 3.78. The summed E-state index contributed by atoms with van der Waals surface area (Å²) in [4.78, 5) is 6.98. The van der Waals surface area contributed by atoms with Crippen molar-refractivity contribution in [3.63, 3.8) is 0 Å². The summed E-state index contributed by atoms with van der Waals surface area (Å²) in [5.41, 5.74) is 1.75. The van der Waals surface area contributed by atoms with Crippen molar-refractivity contribution < 1.29 is 27.4 Å². The maximum absolute atomic E-state index is 13.3. The quantitative estimate of drug-likeness (QED) is 0.460. The van der Waals surface area contributed by atoms with E-state index in [0.29, 0.717) is 49.2 Å². The van der Waals surface area contributed by atoms with E-state index >= 15 is 0 Å². The van der Waals surface area contributed by atoms with E-state index in [2.05, 4.69) is 4.90 Å². The monoisotopic (exact) mass is 505 g/mol. The minimum atomic E-state index is -3.74. The summed E-state index contributed by atoms with van der Waals surface area (Å²) in [6.07, 6.45) is 0. The van der Waals surface area contributed by atoms with Crippen LogP contribution in [0.2, 0.25) is 0 Å². The number of hydrogen-bond acceptors (Lipinski definition) is 9. The van der Waals surface area contributed by atoms with Crippen LogP contribution in [0.15, 0.2) is 46.7 Å². The van der Waals surface area contributed by atoms with Crippen molar-refractivity contribution in [3.8, 4) is 34.3 Å². The molecule has 0 unspecified atom stereocenters. The van der Waals surface area contributed by atoms with Crippen molar-refractivity contribution in [2.45, 2.75) is 4.90 Å². The molecule has 0 saturated carbocycles. The average Bonchev–Trinajstić information content (AvgIpc) is 3.38. The molecule has 1 fully saturated rings. The molecular weight excluding hydrogens is 478 g/mol. The molecule has 4 rings (SSSR count). The number of anilines is 1. The first-order chi connectivity index (χ1) is 16.4. The molecule has 0 N–H and O–H groups in total. The number of ether oxygens (including phenoxy) is 4. The van der Waals surface area contributed by atoms with Crippen LogP contribution in [0.25, 0.3) is 11.3 Å². The number of piperazine rings is 1. The molecule has 0 atom stereocenters. The summed E-state index contributed by atoms with van der Waals surface area (Å²) in [6.45, 7) is 1.75. The predicted molar refractivity (Wildman–Crippen MR) is 131 cm³/mol. The minimum Gasteiger partial charge on any atom is -0.497 e. The van der Waals surface area contributed by atoms with Crippen LogP contribution in [-0.2, 0) is 10.0 Å². The predicted octanol–water partition coefficient (Wildman–Crippen LogP) is 3.36. The third-order valence-corrected chi connectivity index (χ3v) is 8.49. The van der Waals surface area contributed by atoms with Gasteiger partial charge in [0.05, 0.1) is 34.1 Å². The Morgan fingerprint density at radius 1 is 0.824 bits per heavy atom. The summed E-state index contributed by atoms with van der Waals surface area (Å²) in [5, 5.41) is 2.83. The highest BCUT2D eigenvalue weighted by molar-refractivity contribution is 7.89. The molecule has 182 valence electrons. The van der Waals surface area contributed by atoms with E-state index in [9.17, 15) is 8.42 Å². The lowest BCUT2D eigenvalue weighted by Crippen LogP contribution is -2.48. The van der Waals surface area contributed by atoms with E-state index in [1.165, 1.54) is 35.9 Å². The summed E-state index contributed by atoms with van der Waals surface area (Å²) in [7, 11) is 2.42. The molecule has 2 heterocycles. The number of benzene rings is 2. The molecule has 0 aliphatic carbocycles. The van der Waals surface area contributed by atoms with Crippen molar-refractivity contribution in [2.75, 3.05) is 59.5 Å². The first-order valence-corrected chi connectivity index (χ1v) is 12.9. The van der Waals surface area contributed by atoms with Crippen molar-refractivity contribution in [3.05, 3.63) is 41.8 Å². The van der Waals surface area contributed by atoms with Gasteiger partial charge in [-0.15, -0.1) is 11.3 Å². The highest BCUT2D eigenvalue weighted by atomic mass is 32.2. The standard InChI is InChI=1S/C23H27N3O6S2/c1-29-17-6-8-20(31-3)22(14-17)34(27,28)26-11-9-25(10-12-26)23-24-18(15-33-23)16-5-7-19(30-2)21(13-16)32-4/h5-8,13-15H,9-12H2,1-4H3. The van der Waals surface area contributed by atoms with Crippen molar-refractivity contribution >= 4 is 26.5 Å². The fourth-order valence-corrected chi connectivity index (χ4v) is 6.26. The zero-order valence-corrected chi connectivity index (χ0v) is 21.1. The molecule has 1 saturated heterocycles. The molecule has 0 amide bonds. The molecule has 0 spiro atoms. The van der Waals surface area contributed by atoms with Gasteiger partial charge >= 0.3 is 0 Å². The first kappa shape index (κ1) is 24.1. The van der Waals surface area contributed by atoms with Gasteiger partial charge in [0, 0.05) is 43.2 Å². The second-order valence-electron chi connectivity index (χ2n) is 7.49. The lowest BCUT2D eigenvalue weighted by atomic mass is 10.1. The van der Waals surface area contributed by atoms with E-state index in [1.807, 2.05) is 23.6 Å². The van der Waals surface area contributed by atoms with Crippen LogP contribution < -0.4 is 23.8 Å². The SMILES string of the molecule is COc1ccc(OC)c(S(=O)(=O)N2CCN(c3nc(-c4ccc(OC)c(OC)c4)cs3)CC2)c1. The maximum Gasteiger partial charge on any atom is 0.247 e. The zero-order chi connectivity index (χ0) is 24.3. The van der Waals surface area contributed by atoms with Crippen molar-refractivity contribution in [2.24, 2.45) is 0 Å². The zero-order valence-electron chi connectivity index (χ0n) is 19.5. The van der Waals surface area contributed by atoms with E-state index in [-0.39, 0.29) is 4.90 Å². The van der Waals surface area contributed by atoms with Gasteiger partial charge in [0.15, 0.2) is 16.6 Å². The van der Waals surface area contributed by atoms with Gasteiger partial charge in [0.2, 0.25) is 10.0 Å². The summed E-state index contributed by atoms with van der Waals surface area (Å²) in [5.74, 6) is 2.05.